The molecule has 1 saturated heterocycles. The number of hydrogen-bond acceptors (Lipinski definition) is 5. The zero-order valence-corrected chi connectivity index (χ0v) is 19.6. The molecule has 1 heterocycles. The normalized spacial score (nSPS) is 15.5. The number of halogens is 2. The molecule has 3 rings (SSSR count). The van der Waals surface area contributed by atoms with Crippen molar-refractivity contribution < 1.29 is 19.0 Å². The van der Waals surface area contributed by atoms with Crippen LogP contribution in [0.3, 0.4) is 0 Å². The van der Waals surface area contributed by atoms with Crippen LogP contribution in [0.15, 0.2) is 36.4 Å². The van der Waals surface area contributed by atoms with Gasteiger partial charge in [-0.25, -0.2) is 4.79 Å². The summed E-state index contributed by atoms with van der Waals surface area (Å²) in [6.07, 6.45) is 2.08. The SMILES string of the molecule is COc1ccc(CCOC(=O)[C@@H]2CCCN2C(=S)Nc2c(Cl)cccc2Cl)cc1OC. The molecular formula is C22H24Cl2N2O4S. The Labute approximate surface area is 197 Å². The van der Waals surface area contributed by atoms with E-state index < -0.39 is 6.04 Å². The summed E-state index contributed by atoms with van der Waals surface area (Å²) in [5.74, 6) is 1.000. The first-order chi connectivity index (χ1) is 14.9. The number of carbonyl (C=O) groups excluding carboxylic acids is 1. The van der Waals surface area contributed by atoms with Crippen molar-refractivity contribution in [1.29, 1.82) is 0 Å². The number of nitrogens with one attached hydrogen (secondary N) is 1. The fourth-order valence-corrected chi connectivity index (χ4v) is 4.27. The van der Waals surface area contributed by atoms with E-state index in [1.807, 2.05) is 23.1 Å². The molecule has 1 fully saturated rings. The second-order valence-electron chi connectivity index (χ2n) is 6.99. The van der Waals surface area contributed by atoms with Gasteiger partial charge >= 0.3 is 5.97 Å². The molecular weight excluding hydrogens is 459 g/mol. The van der Waals surface area contributed by atoms with Gasteiger partial charge in [0.2, 0.25) is 0 Å². The van der Waals surface area contributed by atoms with Crippen LogP contribution in [0.1, 0.15) is 18.4 Å². The molecule has 1 aliphatic rings. The molecule has 31 heavy (non-hydrogen) atoms. The van der Waals surface area contributed by atoms with Crippen LogP contribution in [0.25, 0.3) is 0 Å². The Bertz CT molecular complexity index is 937. The average Bonchev–Trinajstić information content (AvgIpc) is 3.26. The summed E-state index contributed by atoms with van der Waals surface area (Å²) in [5, 5.41) is 4.39. The zero-order valence-electron chi connectivity index (χ0n) is 17.3. The largest absolute Gasteiger partial charge is 0.493 e. The van der Waals surface area contributed by atoms with E-state index >= 15 is 0 Å². The number of esters is 1. The van der Waals surface area contributed by atoms with Crippen molar-refractivity contribution >= 4 is 52.2 Å². The predicted molar refractivity (Wildman–Crippen MR) is 127 cm³/mol. The van der Waals surface area contributed by atoms with Crippen LogP contribution in [0.5, 0.6) is 11.5 Å². The lowest BCUT2D eigenvalue weighted by molar-refractivity contribution is -0.147. The van der Waals surface area contributed by atoms with E-state index in [2.05, 4.69) is 5.32 Å². The Morgan fingerprint density at radius 3 is 2.55 bits per heavy atom. The van der Waals surface area contributed by atoms with E-state index in [1.165, 1.54) is 0 Å². The number of ether oxygens (including phenoxy) is 3. The lowest BCUT2D eigenvalue weighted by atomic mass is 10.1. The van der Waals surface area contributed by atoms with Crippen molar-refractivity contribution in [2.45, 2.75) is 25.3 Å². The number of benzene rings is 2. The maximum absolute atomic E-state index is 12.7. The Balaban J connectivity index is 1.57. The van der Waals surface area contributed by atoms with Crippen molar-refractivity contribution in [2.75, 3.05) is 32.7 Å². The molecule has 0 bridgehead atoms. The highest BCUT2D eigenvalue weighted by Gasteiger charge is 2.34. The number of thiocarbonyl (C=S) groups is 1. The van der Waals surface area contributed by atoms with Crippen LogP contribution in [0.4, 0.5) is 5.69 Å². The number of para-hydroxylation sites is 1. The molecule has 1 aliphatic heterocycles. The van der Waals surface area contributed by atoms with Crippen LogP contribution in [0.2, 0.25) is 10.0 Å². The van der Waals surface area contributed by atoms with Crippen molar-refractivity contribution in [3.8, 4) is 11.5 Å². The summed E-state index contributed by atoms with van der Waals surface area (Å²) in [7, 11) is 3.18. The summed E-state index contributed by atoms with van der Waals surface area (Å²) >= 11 is 17.9. The van der Waals surface area contributed by atoms with Gasteiger partial charge in [0.15, 0.2) is 16.6 Å². The molecule has 0 unspecified atom stereocenters. The van der Waals surface area contributed by atoms with Crippen molar-refractivity contribution in [3.05, 3.63) is 52.0 Å². The van der Waals surface area contributed by atoms with Gasteiger partial charge in [0.1, 0.15) is 6.04 Å². The van der Waals surface area contributed by atoms with Gasteiger partial charge in [-0.3, -0.25) is 0 Å². The fourth-order valence-electron chi connectivity index (χ4n) is 3.45. The van der Waals surface area contributed by atoms with Crippen molar-refractivity contribution in [3.63, 3.8) is 0 Å². The van der Waals surface area contributed by atoms with Gasteiger partial charge in [-0.1, -0.05) is 35.3 Å². The first-order valence-electron chi connectivity index (χ1n) is 9.83. The van der Waals surface area contributed by atoms with Gasteiger partial charge in [-0.15, -0.1) is 0 Å². The van der Waals surface area contributed by atoms with Crippen LogP contribution < -0.4 is 14.8 Å². The number of rotatable bonds is 7. The molecule has 2 aromatic rings. The first kappa shape index (κ1) is 23.4. The summed E-state index contributed by atoms with van der Waals surface area (Å²) < 4.78 is 16.1. The van der Waals surface area contributed by atoms with Gasteiger partial charge in [-0.2, -0.15) is 0 Å². The van der Waals surface area contributed by atoms with Crippen molar-refractivity contribution in [2.24, 2.45) is 0 Å². The average molecular weight is 483 g/mol. The lowest BCUT2D eigenvalue weighted by Crippen LogP contribution is -2.43. The van der Waals surface area contributed by atoms with Crippen LogP contribution in [-0.4, -0.2) is 49.4 Å². The van der Waals surface area contributed by atoms with Gasteiger partial charge in [0.25, 0.3) is 0 Å². The summed E-state index contributed by atoms with van der Waals surface area (Å²) in [4.78, 5) is 14.5. The van der Waals surface area contributed by atoms with E-state index in [1.54, 1.807) is 32.4 Å². The highest BCUT2D eigenvalue weighted by atomic mass is 35.5. The Morgan fingerprint density at radius 1 is 1.16 bits per heavy atom. The minimum absolute atomic E-state index is 0.259. The molecule has 0 radical (unpaired) electrons. The van der Waals surface area contributed by atoms with E-state index in [0.29, 0.717) is 51.7 Å². The highest BCUT2D eigenvalue weighted by Crippen LogP contribution is 2.31. The standard InChI is InChI=1S/C22H24Cl2N2O4S/c1-28-18-9-8-14(13-19(18)29-2)10-12-30-21(27)17-7-4-11-26(17)22(31)25-20-15(23)5-3-6-16(20)24/h3,5-6,8-9,13,17H,4,7,10-12H2,1-2H3,(H,25,31)/t17-/m0/s1. The van der Waals surface area contributed by atoms with E-state index in [0.717, 1.165) is 12.0 Å². The number of carbonyl (C=O) groups is 1. The van der Waals surface area contributed by atoms with Gasteiger partial charge in [-0.05, 0) is 54.9 Å². The quantitative estimate of drug-likeness (QED) is 0.441. The van der Waals surface area contributed by atoms with Gasteiger partial charge in [0, 0.05) is 13.0 Å². The maximum Gasteiger partial charge on any atom is 0.328 e. The molecule has 1 atom stereocenters. The van der Waals surface area contributed by atoms with E-state index in [-0.39, 0.29) is 12.6 Å². The molecule has 0 aromatic heterocycles. The highest BCUT2D eigenvalue weighted by molar-refractivity contribution is 7.80. The minimum atomic E-state index is -0.438. The number of nitrogens with zero attached hydrogens (tertiary/aromatic N) is 1. The molecule has 166 valence electrons. The van der Waals surface area contributed by atoms with Crippen LogP contribution in [-0.2, 0) is 16.0 Å². The molecule has 0 spiro atoms. The zero-order chi connectivity index (χ0) is 22.4. The molecule has 6 nitrogen and oxygen atoms in total. The third kappa shape index (κ3) is 5.73. The monoisotopic (exact) mass is 482 g/mol. The van der Waals surface area contributed by atoms with E-state index in [4.69, 9.17) is 49.6 Å². The first-order valence-corrected chi connectivity index (χ1v) is 11.0. The van der Waals surface area contributed by atoms with Crippen molar-refractivity contribution in [1.82, 2.24) is 4.90 Å². The Kier molecular flexibility index (Phi) is 8.23. The number of anilines is 1. The smallest absolute Gasteiger partial charge is 0.328 e. The summed E-state index contributed by atoms with van der Waals surface area (Å²) in [6.45, 7) is 0.915. The molecule has 2 aromatic carbocycles. The van der Waals surface area contributed by atoms with Crippen LogP contribution in [0, 0.1) is 0 Å². The molecule has 0 aliphatic carbocycles. The second kappa shape index (κ2) is 10.9. The van der Waals surface area contributed by atoms with Gasteiger partial charge in [0.05, 0.1) is 36.6 Å². The van der Waals surface area contributed by atoms with Gasteiger partial charge < -0.3 is 24.4 Å². The molecule has 1 N–H and O–H groups in total. The molecule has 0 amide bonds. The number of hydrogen-bond donors (Lipinski definition) is 1. The third-order valence-electron chi connectivity index (χ3n) is 5.06. The van der Waals surface area contributed by atoms with E-state index in [9.17, 15) is 4.79 Å². The maximum atomic E-state index is 12.7. The second-order valence-corrected chi connectivity index (χ2v) is 8.19. The Morgan fingerprint density at radius 2 is 1.87 bits per heavy atom. The summed E-state index contributed by atoms with van der Waals surface area (Å²) in [5.41, 5.74) is 1.52. The summed E-state index contributed by atoms with van der Waals surface area (Å²) in [6, 6.07) is 10.4. The molecule has 9 heteroatoms. The minimum Gasteiger partial charge on any atom is -0.493 e. The molecule has 0 saturated carbocycles. The van der Waals surface area contributed by atoms with Crippen LogP contribution >= 0.6 is 35.4 Å². The third-order valence-corrected chi connectivity index (χ3v) is 6.03. The Hall–Kier alpha value is -2.22. The lowest BCUT2D eigenvalue weighted by Gasteiger charge is -2.26. The number of likely N-dealkylation sites (tertiary alicyclic amines) is 1. The number of methoxy groups -OCH3 is 2. The topological polar surface area (TPSA) is 60.0 Å². The predicted octanol–water partition coefficient (Wildman–Crippen LogP) is 4.96. The fraction of sp³-hybridized carbons (Fsp3) is 0.364.